The number of benzene rings is 1. The topological polar surface area (TPSA) is 87.8 Å². The lowest BCUT2D eigenvalue weighted by Crippen LogP contribution is -2.29. The third-order valence-electron chi connectivity index (χ3n) is 3.94. The average molecular weight is 335 g/mol. The van der Waals surface area contributed by atoms with Crippen LogP contribution in [-0.2, 0) is 0 Å². The average Bonchev–Trinajstić information content (AvgIpc) is 2.84. The number of nitrogens with one attached hydrogen (secondary N) is 1. The maximum absolute atomic E-state index is 13.6. The number of anilines is 1. The summed E-state index contributed by atoms with van der Waals surface area (Å²) in [6.07, 6.45) is 0.881. The fraction of sp³-hybridized carbons (Fsp3) is 0.375. The molecule has 1 saturated heterocycles. The minimum absolute atomic E-state index is 0.0146. The Bertz CT molecular complexity index is 739. The van der Waals surface area contributed by atoms with Crippen molar-refractivity contribution < 1.29 is 23.6 Å². The molecule has 1 fully saturated rings. The molecule has 128 valence electrons. The van der Waals surface area contributed by atoms with Gasteiger partial charge in [0, 0.05) is 25.2 Å². The van der Waals surface area contributed by atoms with Gasteiger partial charge in [-0.3, -0.25) is 0 Å². The van der Waals surface area contributed by atoms with Crippen molar-refractivity contribution in [2.45, 2.75) is 6.42 Å². The molecule has 2 N–H and O–H groups in total. The van der Waals surface area contributed by atoms with Gasteiger partial charge in [0.1, 0.15) is 0 Å². The molecule has 0 bridgehead atoms. The zero-order chi connectivity index (χ0) is 17.1. The Balaban J connectivity index is 2.04. The van der Waals surface area contributed by atoms with Gasteiger partial charge in [0.25, 0.3) is 0 Å². The number of nitrogens with zero attached hydrogens (tertiary/aromatic N) is 2. The molecule has 1 aromatic heterocycles. The van der Waals surface area contributed by atoms with Gasteiger partial charge < -0.3 is 24.6 Å². The first-order valence-corrected chi connectivity index (χ1v) is 7.64. The molecule has 2 aromatic rings. The Morgan fingerprint density at radius 3 is 3.00 bits per heavy atom. The molecule has 1 aromatic carbocycles. The Labute approximate surface area is 138 Å². The van der Waals surface area contributed by atoms with Crippen molar-refractivity contribution in [2.75, 3.05) is 38.2 Å². The molecule has 24 heavy (non-hydrogen) atoms. The number of aromatic carboxylic acids is 1. The van der Waals surface area contributed by atoms with Crippen molar-refractivity contribution in [1.82, 2.24) is 10.5 Å². The van der Waals surface area contributed by atoms with Gasteiger partial charge in [-0.05, 0) is 31.2 Å². The molecule has 3 rings (SSSR count). The number of carboxylic acid groups (broad SMARTS) is 1. The highest BCUT2D eigenvalue weighted by molar-refractivity contribution is 5.99. The molecule has 0 atom stereocenters. The lowest BCUT2D eigenvalue weighted by atomic mass is 10.1. The maximum atomic E-state index is 13.6. The van der Waals surface area contributed by atoms with Crippen molar-refractivity contribution in [2.24, 2.45) is 0 Å². The Hall–Kier alpha value is -2.61. The smallest absolute Gasteiger partial charge is 0.343 e. The maximum Gasteiger partial charge on any atom is 0.343 e. The fourth-order valence-electron chi connectivity index (χ4n) is 2.75. The third kappa shape index (κ3) is 3.05. The standard InChI is InChI=1S/C16H18FN3O4/c1-23-12-9-10(3-4-11(12)17)14-13(16(21)22)15(19-24-14)20-7-2-5-18-6-8-20/h3-4,9,18H,2,5-8H2,1H3,(H,21,22). The van der Waals surface area contributed by atoms with Gasteiger partial charge in [0.15, 0.2) is 28.7 Å². The summed E-state index contributed by atoms with van der Waals surface area (Å²) in [5.74, 6) is -1.27. The number of hydrogen-bond acceptors (Lipinski definition) is 6. The van der Waals surface area contributed by atoms with Crippen LogP contribution in [0.15, 0.2) is 22.7 Å². The zero-order valence-corrected chi connectivity index (χ0v) is 13.2. The molecule has 0 radical (unpaired) electrons. The largest absolute Gasteiger partial charge is 0.494 e. The first kappa shape index (κ1) is 16.3. The summed E-state index contributed by atoms with van der Waals surface area (Å²) in [6.45, 7) is 2.94. The fourth-order valence-corrected chi connectivity index (χ4v) is 2.75. The summed E-state index contributed by atoms with van der Waals surface area (Å²) in [7, 11) is 1.34. The highest BCUT2D eigenvalue weighted by atomic mass is 19.1. The molecule has 1 aliphatic heterocycles. The van der Waals surface area contributed by atoms with Crippen LogP contribution in [-0.4, -0.2) is 49.5 Å². The van der Waals surface area contributed by atoms with E-state index in [4.69, 9.17) is 9.26 Å². The van der Waals surface area contributed by atoms with E-state index in [2.05, 4.69) is 10.5 Å². The number of halogens is 1. The van der Waals surface area contributed by atoms with E-state index < -0.39 is 11.8 Å². The van der Waals surface area contributed by atoms with Crippen molar-refractivity contribution in [1.29, 1.82) is 0 Å². The molecule has 7 nitrogen and oxygen atoms in total. The lowest BCUT2D eigenvalue weighted by molar-refractivity contribution is 0.0698. The molecular formula is C16H18FN3O4. The monoisotopic (exact) mass is 335 g/mol. The zero-order valence-electron chi connectivity index (χ0n) is 13.2. The van der Waals surface area contributed by atoms with E-state index in [1.54, 1.807) is 0 Å². The molecule has 0 saturated carbocycles. The highest BCUT2D eigenvalue weighted by Crippen LogP contribution is 2.34. The summed E-state index contributed by atoms with van der Waals surface area (Å²) < 4.78 is 23.8. The van der Waals surface area contributed by atoms with Crippen molar-refractivity contribution in [3.8, 4) is 17.1 Å². The molecule has 8 heteroatoms. The number of methoxy groups -OCH3 is 1. The van der Waals surface area contributed by atoms with Gasteiger partial charge in [0.2, 0.25) is 0 Å². The second kappa shape index (κ2) is 6.88. The van der Waals surface area contributed by atoms with Crippen LogP contribution in [0.3, 0.4) is 0 Å². The van der Waals surface area contributed by atoms with E-state index in [0.29, 0.717) is 24.5 Å². The molecule has 2 heterocycles. The molecular weight excluding hydrogens is 317 g/mol. The predicted octanol–water partition coefficient (Wildman–Crippen LogP) is 1.99. The second-order valence-corrected chi connectivity index (χ2v) is 5.46. The Morgan fingerprint density at radius 1 is 1.42 bits per heavy atom. The molecule has 0 spiro atoms. The number of carboxylic acids is 1. The van der Waals surface area contributed by atoms with E-state index >= 15 is 0 Å². The number of hydrogen-bond donors (Lipinski definition) is 2. The minimum Gasteiger partial charge on any atom is -0.494 e. The molecule has 0 unspecified atom stereocenters. The first-order chi connectivity index (χ1) is 11.6. The lowest BCUT2D eigenvalue weighted by Gasteiger charge is -2.19. The van der Waals surface area contributed by atoms with E-state index in [-0.39, 0.29) is 17.1 Å². The van der Waals surface area contributed by atoms with Crippen LogP contribution in [0.5, 0.6) is 5.75 Å². The van der Waals surface area contributed by atoms with Crippen LogP contribution < -0.4 is 15.0 Å². The van der Waals surface area contributed by atoms with Crippen LogP contribution in [0.25, 0.3) is 11.3 Å². The van der Waals surface area contributed by atoms with Crippen LogP contribution >= 0.6 is 0 Å². The summed E-state index contributed by atoms with van der Waals surface area (Å²) >= 11 is 0. The quantitative estimate of drug-likeness (QED) is 0.883. The predicted molar refractivity (Wildman–Crippen MR) is 85.1 cm³/mol. The van der Waals surface area contributed by atoms with E-state index in [9.17, 15) is 14.3 Å². The first-order valence-electron chi connectivity index (χ1n) is 7.64. The number of rotatable bonds is 4. The van der Waals surface area contributed by atoms with Crippen molar-refractivity contribution in [3.05, 3.63) is 29.6 Å². The minimum atomic E-state index is -1.14. The summed E-state index contributed by atoms with van der Waals surface area (Å²) in [6, 6.07) is 4.05. The molecule has 0 amide bonds. The summed E-state index contributed by atoms with van der Waals surface area (Å²) in [5.41, 5.74) is 0.378. The second-order valence-electron chi connectivity index (χ2n) is 5.46. The van der Waals surface area contributed by atoms with Crippen LogP contribution in [0.2, 0.25) is 0 Å². The number of aromatic nitrogens is 1. The van der Waals surface area contributed by atoms with Gasteiger partial charge in [-0.25, -0.2) is 9.18 Å². The Morgan fingerprint density at radius 2 is 2.25 bits per heavy atom. The van der Waals surface area contributed by atoms with Gasteiger partial charge in [0.05, 0.1) is 7.11 Å². The highest BCUT2D eigenvalue weighted by Gasteiger charge is 2.28. The van der Waals surface area contributed by atoms with Crippen LogP contribution in [0, 0.1) is 5.82 Å². The Kier molecular flexibility index (Phi) is 4.66. The number of ether oxygens (including phenoxy) is 1. The van der Waals surface area contributed by atoms with Crippen molar-refractivity contribution in [3.63, 3.8) is 0 Å². The normalized spacial score (nSPS) is 15.2. The van der Waals surface area contributed by atoms with E-state index in [1.165, 1.54) is 25.3 Å². The van der Waals surface area contributed by atoms with Gasteiger partial charge in [-0.15, -0.1) is 0 Å². The van der Waals surface area contributed by atoms with Crippen LogP contribution in [0.4, 0.5) is 10.2 Å². The SMILES string of the molecule is COc1cc(-c2onc(N3CCCNCC3)c2C(=O)O)ccc1F. The van der Waals surface area contributed by atoms with Gasteiger partial charge >= 0.3 is 5.97 Å². The van der Waals surface area contributed by atoms with E-state index in [0.717, 1.165) is 19.5 Å². The van der Waals surface area contributed by atoms with Gasteiger partial charge in [-0.1, -0.05) is 5.16 Å². The molecule has 1 aliphatic rings. The number of carbonyl (C=O) groups is 1. The summed E-state index contributed by atoms with van der Waals surface area (Å²) in [5, 5.41) is 16.8. The van der Waals surface area contributed by atoms with Crippen molar-refractivity contribution >= 4 is 11.8 Å². The van der Waals surface area contributed by atoms with E-state index in [1.807, 2.05) is 4.90 Å². The van der Waals surface area contributed by atoms with Crippen LogP contribution in [0.1, 0.15) is 16.8 Å². The van der Waals surface area contributed by atoms with Gasteiger partial charge in [-0.2, -0.15) is 0 Å². The third-order valence-corrected chi connectivity index (χ3v) is 3.94. The molecule has 0 aliphatic carbocycles. The summed E-state index contributed by atoms with van der Waals surface area (Å²) in [4.78, 5) is 13.7.